The van der Waals surface area contributed by atoms with Gasteiger partial charge in [0.2, 0.25) is 0 Å². The zero-order valence-electron chi connectivity index (χ0n) is 7.33. The van der Waals surface area contributed by atoms with Crippen LogP contribution >= 0.6 is 0 Å². The minimum atomic E-state index is -0.0515. The quantitative estimate of drug-likeness (QED) is 0.739. The van der Waals surface area contributed by atoms with Crippen LogP contribution in [0, 0.1) is 0 Å². The summed E-state index contributed by atoms with van der Waals surface area (Å²) in [6, 6.07) is 1.73. The average molecular weight is 188 g/mol. The molecule has 0 aliphatic heterocycles. The number of rotatable bonds is 2. The minimum Gasteiger partial charge on any atom is -0.392 e. The maximum Gasteiger partial charge on any atom is 0.178 e. The predicted octanol–water partition coefficient (Wildman–Crippen LogP) is 0.426. The second kappa shape index (κ2) is 3.89. The van der Waals surface area contributed by atoms with Crippen molar-refractivity contribution in [1.82, 2.24) is 19.9 Å². The van der Waals surface area contributed by atoms with Crippen molar-refractivity contribution >= 4 is 0 Å². The fourth-order valence-electron chi connectivity index (χ4n) is 0.992. The van der Waals surface area contributed by atoms with Crippen LogP contribution in [0.15, 0.2) is 31.0 Å². The van der Waals surface area contributed by atoms with Crippen molar-refractivity contribution in [1.29, 1.82) is 0 Å². The molecule has 0 amide bonds. The molecule has 5 heteroatoms. The Labute approximate surface area is 80.5 Å². The molecule has 0 bridgehead atoms. The van der Waals surface area contributed by atoms with Gasteiger partial charge in [-0.05, 0) is 6.07 Å². The first-order chi connectivity index (χ1) is 6.90. The van der Waals surface area contributed by atoms with E-state index in [1.807, 2.05) is 0 Å². The molecule has 5 nitrogen and oxygen atoms in total. The van der Waals surface area contributed by atoms with Gasteiger partial charge in [0.25, 0.3) is 0 Å². The molecule has 0 saturated carbocycles. The fraction of sp³-hybridized carbons (Fsp3) is 0.111. The summed E-state index contributed by atoms with van der Waals surface area (Å²) < 4.78 is 0. The van der Waals surface area contributed by atoms with Gasteiger partial charge in [-0.25, -0.2) is 19.9 Å². The Morgan fingerprint density at radius 3 is 2.50 bits per heavy atom. The monoisotopic (exact) mass is 188 g/mol. The van der Waals surface area contributed by atoms with Crippen molar-refractivity contribution in [2.45, 2.75) is 6.61 Å². The lowest BCUT2D eigenvalue weighted by atomic mass is 10.3. The lowest BCUT2D eigenvalue weighted by molar-refractivity contribution is 0.281. The third-order valence-corrected chi connectivity index (χ3v) is 1.70. The number of aliphatic hydroxyl groups excluding tert-OH is 1. The summed E-state index contributed by atoms with van der Waals surface area (Å²) in [6.45, 7) is -0.0515. The van der Waals surface area contributed by atoms with Crippen LogP contribution in [0.25, 0.3) is 11.5 Å². The van der Waals surface area contributed by atoms with Gasteiger partial charge >= 0.3 is 0 Å². The van der Waals surface area contributed by atoms with E-state index in [9.17, 15) is 0 Å². The van der Waals surface area contributed by atoms with Gasteiger partial charge in [-0.3, -0.25) is 0 Å². The maximum atomic E-state index is 8.79. The number of aromatic nitrogens is 4. The lowest BCUT2D eigenvalue weighted by Gasteiger charge is -1.98. The Balaban J connectivity index is 2.34. The summed E-state index contributed by atoms with van der Waals surface area (Å²) in [7, 11) is 0. The first kappa shape index (κ1) is 8.71. The van der Waals surface area contributed by atoms with Crippen LogP contribution in [0.2, 0.25) is 0 Å². The summed E-state index contributed by atoms with van der Waals surface area (Å²) >= 11 is 0. The molecule has 0 saturated heterocycles. The van der Waals surface area contributed by atoms with Gasteiger partial charge in [-0.1, -0.05) is 0 Å². The molecule has 0 fully saturated rings. The Morgan fingerprint density at radius 2 is 1.93 bits per heavy atom. The Kier molecular flexibility index (Phi) is 2.42. The van der Waals surface area contributed by atoms with E-state index in [0.29, 0.717) is 17.1 Å². The molecule has 0 atom stereocenters. The first-order valence-corrected chi connectivity index (χ1v) is 4.08. The van der Waals surface area contributed by atoms with Gasteiger partial charge in [0.1, 0.15) is 12.0 Å². The van der Waals surface area contributed by atoms with Gasteiger partial charge in [0.05, 0.1) is 6.61 Å². The summed E-state index contributed by atoms with van der Waals surface area (Å²) in [5.74, 6) is 0.532. The van der Waals surface area contributed by atoms with Gasteiger partial charge in [-0.2, -0.15) is 0 Å². The molecule has 2 aromatic heterocycles. The second-order valence-corrected chi connectivity index (χ2v) is 2.67. The third kappa shape index (κ3) is 1.72. The van der Waals surface area contributed by atoms with Crippen LogP contribution in [0.4, 0.5) is 0 Å². The van der Waals surface area contributed by atoms with E-state index >= 15 is 0 Å². The van der Waals surface area contributed by atoms with Gasteiger partial charge in [0, 0.05) is 24.2 Å². The topological polar surface area (TPSA) is 71.8 Å². The molecule has 2 rings (SSSR count). The van der Waals surface area contributed by atoms with Crippen LogP contribution in [0.5, 0.6) is 0 Å². The van der Waals surface area contributed by atoms with Crippen LogP contribution < -0.4 is 0 Å². The zero-order valence-corrected chi connectivity index (χ0v) is 7.33. The molecule has 0 aliphatic rings. The molecule has 0 aliphatic carbocycles. The van der Waals surface area contributed by atoms with E-state index in [4.69, 9.17) is 5.11 Å². The summed E-state index contributed by atoms with van der Waals surface area (Å²) in [5.41, 5.74) is 1.35. The number of nitrogens with zero attached hydrogens (tertiary/aromatic N) is 4. The average Bonchev–Trinajstić information content (AvgIpc) is 2.30. The van der Waals surface area contributed by atoms with E-state index in [1.165, 1.54) is 6.33 Å². The third-order valence-electron chi connectivity index (χ3n) is 1.70. The summed E-state index contributed by atoms with van der Waals surface area (Å²) in [5, 5.41) is 8.79. The van der Waals surface area contributed by atoms with E-state index in [0.717, 1.165) is 0 Å². The van der Waals surface area contributed by atoms with Gasteiger partial charge in [0.15, 0.2) is 5.82 Å². The first-order valence-electron chi connectivity index (χ1n) is 4.08. The van der Waals surface area contributed by atoms with Crippen LogP contribution in [-0.4, -0.2) is 25.0 Å². The molecular weight excluding hydrogens is 180 g/mol. The van der Waals surface area contributed by atoms with Crippen molar-refractivity contribution in [3.8, 4) is 11.5 Å². The predicted molar refractivity (Wildman–Crippen MR) is 49.0 cm³/mol. The van der Waals surface area contributed by atoms with Crippen molar-refractivity contribution in [2.24, 2.45) is 0 Å². The molecule has 2 heterocycles. The zero-order chi connectivity index (χ0) is 9.80. The SMILES string of the molecule is OCc1cnc(-c2ccncn2)nc1. The van der Waals surface area contributed by atoms with E-state index in [2.05, 4.69) is 19.9 Å². The molecular formula is C9H8N4O. The van der Waals surface area contributed by atoms with Crippen molar-refractivity contribution in [2.75, 3.05) is 0 Å². The lowest BCUT2D eigenvalue weighted by Crippen LogP contribution is -1.93. The highest BCUT2D eigenvalue weighted by Gasteiger charge is 2.00. The van der Waals surface area contributed by atoms with Crippen LogP contribution in [0.1, 0.15) is 5.56 Å². The second-order valence-electron chi connectivity index (χ2n) is 2.67. The van der Waals surface area contributed by atoms with E-state index in [1.54, 1.807) is 24.7 Å². The minimum absolute atomic E-state index is 0.0515. The van der Waals surface area contributed by atoms with Crippen LogP contribution in [-0.2, 0) is 6.61 Å². The molecule has 0 spiro atoms. The Hall–Kier alpha value is -1.88. The van der Waals surface area contributed by atoms with E-state index < -0.39 is 0 Å². The molecule has 1 N–H and O–H groups in total. The molecule has 70 valence electrons. The molecule has 14 heavy (non-hydrogen) atoms. The standard InChI is InChI=1S/C9H8N4O/c14-5-7-3-11-9(12-4-7)8-1-2-10-6-13-8/h1-4,6,14H,5H2. The number of hydrogen-bond acceptors (Lipinski definition) is 5. The summed E-state index contributed by atoms with van der Waals surface area (Å²) in [6.07, 6.45) is 6.22. The summed E-state index contributed by atoms with van der Waals surface area (Å²) in [4.78, 5) is 15.9. The van der Waals surface area contributed by atoms with E-state index in [-0.39, 0.29) is 6.61 Å². The van der Waals surface area contributed by atoms with Crippen LogP contribution in [0.3, 0.4) is 0 Å². The maximum absolute atomic E-state index is 8.79. The van der Waals surface area contributed by atoms with Gasteiger partial charge < -0.3 is 5.11 Å². The Bertz CT molecular complexity index is 401. The van der Waals surface area contributed by atoms with Crippen molar-refractivity contribution in [3.05, 3.63) is 36.5 Å². The molecule has 0 aromatic carbocycles. The molecule has 0 unspecified atom stereocenters. The normalized spacial score (nSPS) is 10.1. The smallest absolute Gasteiger partial charge is 0.178 e. The highest BCUT2D eigenvalue weighted by atomic mass is 16.3. The van der Waals surface area contributed by atoms with Gasteiger partial charge in [-0.15, -0.1) is 0 Å². The fourth-order valence-corrected chi connectivity index (χ4v) is 0.992. The highest BCUT2D eigenvalue weighted by molar-refractivity contribution is 5.46. The number of aliphatic hydroxyl groups is 1. The highest BCUT2D eigenvalue weighted by Crippen LogP contribution is 2.08. The largest absolute Gasteiger partial charge is 0.392 e. The Morgan fingerprint density at radius 1 is 1.14 bits per heavy atom. The molecule has 2 aromatic rings. The van der Waals surface area contributed by atoms with Crippen molar-refractivity contribution in [3.63, 3.8) is 0 Å². The molecule has 0 radical (unpaired) electrons. The number of hydrogen-bond donors (Lipinski definition) is 1. The van der Waals surface area contributed by atoms with Crippen molar-refractivity contribution < 1.29 is 5.11 Å².